The summed E-state index contributed by atoms with van der Waals surface area (Å²) in [6.45, 7) is 0. The molecule has 0 radical (unpaired) electrons. The van der Waals surface area contributed by atoms with Crippen molar-refractivity contribution in [3.63, 3.8) is 0 Å². The summed E-state index contributed by atoms with van der Waals surface area (Å²) in [5, 5.41) is 1.60. The third kappa shape index (κ3) is 7.03. The van der Waals surface area contributed by atoms with E-state index in [0.29, 0.717) is 0 Å². The number of benzene rings is 1. The molecule has 0 heterocycles. The molecular weight excluding hydrogens is 378 g/mol. The Morgan fingerprint density at radius 1 is 0.852 bits per heavy atom. The summed E-state index contributed by atoms with van der Waals surface area (Å²) in [4.78, 5) is 0. The van der Waals surface area contributed by atoms with Crippen LogP contribution in [0.25, 0.3) is 0 Å². The van der Waals surface area contributed by atoms with E-state index in [2.05, 4.69) is 24.3 Å². The maximum atomic E-state index is 9.75. The number of hydrogen-bond donors (Lipinski definition) is 0. The predicted molar refractivity (Wildman–Crippen MR) is 106 cm³/mol. The van der Waals surface area contributed by atoms with Gasteiger partial charge in [0, 0.05) is 27.7 Å². The predicted octanol–water partition coefficient (Wildman–Crippen LogP) is 6.00. The van der Waals surface area contributed by atoms with E-state index in [9.17, 15) is 17.3 Å². The topological polar surface area (TPSA) is 18.5 Å². The molecule has 27 heavy (non-hydrogen) atoms. The van der Waals surface area contributed by atoms with Crippen LogP contribution in [0.1, 0.15) is 63.2 Å². The lowest BCUT2D eigenvalue weighted by Gasteiger charge is -2.26. The van der Waals surface area contributed by atoms with Crippen LogP contribution in [0, 0.1) is 0 Å². The summed E-state index contributed by atoms with van der Waals surface area (Å²) >= 11 is 0. The van der Waals surface area contributed by atoms with E-state index in [4.69, 9.17) is 9.47 Å². The highest BCUT2D eigenvalue weighted by molar-refractivity contribution is 7.67. The van der Waals surface area contributed by atoms with Crippen molar-refractivity contribution in [3.05, 3.63) is 29.8 Å². The molecule has 0 aliphatic heterocycles. The van der Waals surface area contributed by atoms with Gasteiger partial charge in [0.1, 0.15) is 5.30 Å². The molecule has 0 aromatic heterocycles. The highest BCUT2D eigenvalue weighted by atomic mass is 31.1. The average Bonchev–Trinajstić information content (AvgIpc) is 3.31. The fourth-order valence-corrected chi connectivity index (χ4v) is 8.99. The Morgan fingerprint density at radius 2 is 1.26 bits per heavy atom. The fourth-order valence-electron chi connectivity index (χ4n) is 4.56. The van der Waals surface area contributed by atoms with Crippen LogP contribution in [0.4, 0.5) is 17.3 Å². The van der Waals surface area contributed by atoms with Crippen molar-refractivity contribution in [2.24, 2.45) is 0 Å². The Balaban J connectivity index is 0.000000465. The molecular formula is C19H30BF4O2P. The molecule has 1 aromatic rings. The Bertz CT molecular complexity index is 535. The number of ether oxygens (including phenoxy) is 2. The van der Waals surface area contributed by atoms with Crippen LogP contribution in [0.2, 0.25) is 0 Å². The van der Waals surface area contributed by atoms with Crippen molar-refractivity contribution in [3.8, 4) is 0 Å². The summed E-state index contributed by atoms with van der Waals surface area (Å²) in [5.41, 5.74) is 3.22. The minimum atomic E-state index is -6.00. The summed E-state index contributed by atoms with van der Waals surface area (Å²) < 4.78 is 50.2. The molecule has 0 unspecified atom stereocenters. The molecule has 8 heteroatoms. The van der Waals surface area contributed by atoms with Gasteiger partial charge in [0.05, 0.1) is 11.3 Å². The first-order chi connectivity index (χ1) is 12.8. The molecule has 0 N–H and O–H groups in total. The van der Waals surface area contributed by atoms with Crippen molar-refractivity contribution in [1.82, 2.24) is 0 Å². The van der Waals surface area contributed by atoms with Gasteiger partial charge < -0.3 is 26.7 Å². The molecule has 2 saturated carbocycles. The van der Waals surface area contributed by atoms with Gasteiger partial charge in [-0.25, -0.2) is 0 Å². The molecule has 154 valence electrons. The second-order valence-electron chi connectivity index (χ2n) is 7.30. The minimum Gasteiger partial charge on any atom is -0.418 e. The average molecular weight is 408 g/mol. The standard InChI is InChI=1S/C19H29O2P.BF4/c1-20-19(21-2)17-13-7-8-14-18(17)22(15-9-3-4-10-15)16-11-5-6-12-16;2-1(3,4)5/h7-8,13-16,19H,3-6,9-12H2,1-2H3;/q;-1/p+1. The van der Waals surface area contributed by atoms with E-state index in [1.807, 2.05) is 0 Å². The van der Waals surface area contributed by atoms with E-state index < -0.39 is 15.2 Å². The van der Waals surface area contributed by atoms with Gasteiger partial charge in [-0.1, -0.05) is 12.1 Å². The maximum Gasteiger partial charge on any atom is 0.673 e. The second-order valence-corrected chi connectivity index (χ2v) is 10.4. The molecule has 1 aromatic carbocycles. The van der Waals surface area contributed by atoms with Crippen LogP contribution in [0.5, 0.6) is 0 Å². The summed E-state index contributed by atoms with van der Waals surface area (Å²) in [7, 11) is -3.03. The van der Waals surface area contributed by atoms with Gasteiger partial charge in [0.25, 0.3) is 0 Å². The lowest BCUT2D eigenvalue weighted by Crippen LogP contribution is -2.24. The van der Waals surface area contributed by atoms with Gasteiger partial charge in [-0.05, 0) is 63.5 Å². The molecule has 0 atom stereocenters. The van der Waals surface area contributed by atoms with Crippen LogP contribution < -0.4 is 5.30 Å². The highest BCUT2D eigenvalue weighted by Gasteiger charge is 2.42. The second kappa shape index (κ2) is 10.8. The van der Waals surface area contributed by atoms with Crippen LogP contribution in [0.15, 0.2) is 24.3 Å². The number of methoxy groups -OCH3 is 2. The van der Waals surface area contributed by atoms with E-state index in [1.54, 1.807) is 19.5 Å². The molecule has 2 nitrogen and oxygen atoms in total. The zero-order valence-electron chi connectivity index (χ0n) is 16.1. The van der Waals surface area contributed by atoms with Gasteiger partial charge in [0.15, 0.2) is 6.29 Å². The van der Waals surface area contributed by atoms with Crippen LogP contribution in [0.3, 0.4) is 0 Å². The van der Waals surface area contributed by atoms with Gasteiger partial charge in [-0.2, -0.15) is 0 Å². The Kier molecular flexibility index (Phi) is 9.04. The van der Waals surface area contributed by atoms with Crippen molar-refractivity contribution < 1.29 is 26.7 Å². The highest BCUT2D eigenvalue weighted by Crippen LogP contribution is 2.57. The Morgan fingerprint density at radius 3 is 1.67 bits per heavy atom. The first-order valence-electron chi connectivity index (χ1n) is 9.74. The van der Waals surface area contributed by atoms with Gasteiger partial charge >= 0.3 is 7.25 Å². The van der Waals surface area contributed by atoms with Crippen molar-refractivity contribution in [2.75, 3.05) is 14.2 Å². The van der Waals surface area contributed by atoms with Gasteiger partial charge in [0.2, 0.25) is 0 Å². The summed E-state index contributed by atoms with van der Waals surface area (Å²) in [6, 6.07) is 8.95. The van der Waals surface area contributed by atoms with E-state index in [0.717, 1.165) is 11.3 Å². The van der Waals surface area contributed by atoms with Gasteiger partial charge in [-0.15, -0.1) is 0 Å². The molecule has 0 bridgehead atoms. The van der Waals surface area contributed by atoms with Crippen LogP contribution in [-0.4, -0.2) is 32.8 Å². The zero-order chi connectivity index (χ0) is 19.9. The molecule has 3 rings (SSSR count). The van der Waals surface area contributed by atoms with Crippen molar-refractivity contribution in [1.29, 1.82) is 0 Å². The number of hydrogen-bond acceptors (Lipinski definition) is 2. The maximum absolute atomic E-state index is 9.75. The third-order valence-corrected chi connectivity index (χ3v) is 9.54. The molecule has 0 saturated heterocycles. The number of rotatable bonds is 6. The van der Waals surface area contributed by atoms with E-state index in [1.165, 1.54) is 56.9 Å². The first-order valence-corrected chi connectivity index (χ1v) is 11.4. The largest absolute Gasteiger partial charge is 0.673 e. The molecule has 2 aliphatic carbocycles. The van der Waals surface area contributed by atoms with Gasteiger partial charge in [-0.3, -0.25) is 0 Å². The fraction of sp³-hybridized carbons (Fsp3) is 0.684. The molecule has 0 amide bonds. The van der Waals surface area contributed by atoms with Crippen molar-refractivity contribution in [2.45, 2.75) is 69.0 Å². The Hall–Kier alpha value is -0.645. The molecule has 0 spiro atoms. The summed E-state index contributed by atoms with van der Waals surface area (Å²) in [6.07, 6.45) is 11.3. The van der Waals surface area contributed by atoms with Crippen molar-refractivity contribution >= 4 is 20.5 Å². The lowest BCUT2D eigenvalue weighted by atomic mass is 10.2. The molecule has 2 fully saturated rings. The monoisotopic (exact) mass is 408 g/mol. The number of halogens is 4. The molecule has 2 aliphatic rings. The zero-order valence-corrected chi connectivity index (χ0v) is 17.1. The van der Waals surface area contributed by atoms with Crippen LogP contribution in [-0.2, 0) is 9.47 Å². The van der Waals surface area contributed by atoms with E-state index in [-0.39, 0.29) is 6.29 Å². The summed E-state index contributed by atoms with van der Waals surface area (Å²) in [5.74, 6) is 0. The SMILES string of the molecule is COC(OC)c1ccccc1[PH+](C1CCCC1)C1CCCC1.F[B-](F)(F)F. The normalized spacial score (nSPS) is 19.0. The minimum absolute atomic E-state index is 0.209. The van der Waals surface area contributed by atoms with Crippen LogP contribution >= 0.6 is 7.92 Å². The van der Waals surface area contributed by atoms with E-state index >= 15 is 0 Å². The smallest absolute Gasteiger partial charge is 0.418 e. The quantitative estimate of drug-likeness (QED) is 0.249. The Labute approximate surface area is 160 Å². The third-order valence-electron chi connectivity index (χ3n) is 5.54. The lowest BCUT2D eigenvalue weighted by molar-refractivity contribution is -0.105. The first kappa shape index (κ1) is 22.6.